The molecule has 1 atom stereocenters. The van der Waals surface area contributed by atoms with Crippen LogP contribution < -0.4 is 5.73 Å². The van der Waals surface area contributed by atoms with E-state index in [1.807, 2.05) is 0 Å². The van der Waals surface area contributed by atoms with E-state index in [-0.39, 0.29) is 12.1 Å². The van der Waals surface area contributed by atoms with Gasteiger partial charge in [0, 0.05) is 12.1 Å². The van der Waals surface area contributed by atoms with Crippen LogP contribution in [0.5, 0.6) is 0 Å². The lowest BCUT2D eigenvalue weighted by atomic mass is 9.82. The van der Waals surface area contributed by atoms with Crippen LogP contribution in [0.25, 0.3) is 0 Å². The van der Waals surface area contributed by atoms with Crippen LogP contribution in [0.2, 0.25) is 0 Å². The topological polar surface area (TPSA) is 46.2 Å². The van der Waals surface area contributed by atoms with Crippen molar-refractivity contribution in [2.75, 3.05) is 6.61 Å². The van der Waals surface area contributed by atoms with Gasteiger partial charge in [-0.25, -0.2) is 0 Å². The van der Waals surface area contributed by atoms with Gasteiger partial charge in [0.05, 0.1) is 0 Å². The second-order valence-electron chi connectivity index (χ2n) is 4.88. The Labute approximate surface area is 88.9 Å². The molecule has 0 saturated carbocycles. The van der Waals surface area contributed by atoms with Crippen molar-refractivity contribution >= 4 is 0 Å². The lowest BCUT2D eigenvalue weighted by Crippen LogP contribution is -2.41. The summed E-state index contributed by atoms with van der Waals surface area (Å²) in [6, 6.07) is 0. The molecule has 0 fully saturated rings. The van der Waals surface area contributed by atoms with Gasteiger partial charge in [0.25, 0.3) is 0 Å². The summed E-state index contributed by atoms with van der Waals surface area (Å²) in [6.45, 7) is 6.61. The van der Waals surface area contributed by atoms with Crippen molar-refractivity contribution in [3.8, 4) is 0 Å². The maximum Gasteiger partial charge on any atom is 0.0434 e. The Morgan fingerprint density at radius 2 is 1.79 bits per heavy atom. The highest BCUT2D eigenvalue weighted by Gasteiger charge is 2.23. The van der Waals surface area contributed by atoms with Crippen LogP contribution in [0.15, 0.2) is 0 Å². The smallest absolute Gasteiger partial charge is 0.0434 e. The van der Waals surface area contributed by atoms with Crippen molar-refractivity contribution in [2.24, 2.45) is 11.7 Å². The van der Waals surface area contributed by atoms with Crippen LogP contribution in [0.4, 0.5) is 0 Å². The third-order valence-electron chi connectivity index (χ3n) is 2.94. The number of aliphatic hydroxyl groups is 1. The molecule has 0 rings (SSSR count). The van der Waals surface area contributed by atoms with Gasteiger partial charge in [0.15, 0.2) is 0 Å². The summed E-state index contributed by atoms with van der Waals surface area (Å²) in [7, 11) is 0. The van der Waals surface area contributed by atoms with Crippen molar-refractivity contribution in [1.82, 2.24) is 0 Å². The van der Waals surface area contributed by atoms with E-state index in [1.165, 1.54) is 25.7 Å². The van der Waals surface area contributed by atoms with Crippen LogP contribution in [-0.4, -0.2) is 17.3 Å². The van der Waals surface area contributed by atoms with Crippen molar-refractivity contribution in [1.29, 1.82) is 0 Å². The zero-order valence-corrected chi connectivity index (χ0v) is 10.1. The van der Waals surface area contributed by atoms with Gasteiger partial charge in [0.1, 0.15) is 0 Å². The first-order valence-corrected chi connectivity index (χ1v) is 5.92. The van der Waals surface area contributed by atoms with E-state index in [4.69, 9.17) is 10.8 Å². The molecule has 0 aliphatic heterocycles. The van der Waals surface area contributed by atoms with Gasteiger partial charge in [-0.3, -0.25) is 0 Å². The van der Waals surface area contributed by atoms with Crippen LogP contribution in [0.1, 0.15) is 59.3 Å². The molecule has 0 aliphatic rings. The molecule has 3 N–H and O–H groups in total. The first kappa shape index (κ1) is 13.9. The predicted octanol–water partition coefficient (Wildman–Crippen LogP) is 2.69. The molecule has 0 aromatic heterocycles. The molecule has 0 spiro atoms. The minimum Gasteiger partial charge on any atom is -0.396 e. The molecule has 0 saturated heterocycles. The average molecular weight is 201 g/mol. The Kier molecular flexibility index (Phi) is 7.20. The lowest BCUT2D eigenvalue weighted by Gasteiger charge is -2.30. The number of unbranched alkanes of at least 4 members (excludes halogenated alkanes) is 3. The normalized spacial score (nSPS) is 14.4. The molecule has 2 heteroatoms. The zero-order chi connectivity index (χ0) is 11.0. The predicted molar refractivity (Wildman–Crippen MR) is 62.2 cm³/mol. The van der Waals surface area contributed by atoms with E-state index in [0.717, 1.165) is 12.8 Å². The summed E-state index contributed by atoms with van der Waals surface area (Å²) in [6.07, 6.45) is 7.14. The second kappa shape index (κ2) is 7.24. The monoisotopic (exact) mass is 201 g/mol. The summed E-state index contributed by atoms with van der Waals surface area (Å²) >= 11 is 0. The fourth-order valence-corrected chi connectivity index (χ4v) is 1.86. The fourth-order valence-electron chi connectivity index (χ4n) is 1.86. The number of hydrogen-bond acceptors (Lipinski definition) is 2. The van der Waals surface area contributed by atoms with Gasteiger partial charge in [-0.05, 0) is 32.6 Å². The quantitative estimate of drug-likeness (QED) is 0.593. The SMILES string of the molecule is CCCCCCC(CCO)C(C)(C)N. The third kappa shape index (κ3) is 6.39. The molecule has 0 heterocycles. The number of rotatable bonds is 8. The van der Waals surface area contributed by atoms with Crippen LogP contribution >= 0.6 is 0 Å². The first-order valence-electron chi connectivity index (χ1n) is 5.92. The Bertz CT molecular complexity index is 129. The molecule has 0 bridgehead atoms. The molecule has 0 amide bonds. The van der Waals surface area contributed by atoms with E-state index >= 15 is 0 Å². The summed E-state index contributed by atoms with van der Waals surface area (Å²) < 4.78 is 0. The third-order valence-corrected chi connectivity index (χ3v) is 2.94. The summed E-state index contributed by atoms with van der Waals surface area (Å²) in [4.78, 5) is 0. The molecular formula is C12H27NO. The number of aliphatic hydroxyl groups excluding tert-OH is 1. The van der Waals surface area contributed by atoms with Crippen molar-refractivity contribution in [3.63, 3.8) is 0 Å². The molecule has 14 heavy (non-hydrogen) atoms. The van der Waals surface area contributed by atoms with Gasteiger partial charge >= 0.3 is 0 Å². The highest BCUT2D eigenvalue weighted by molar-refractivity contribution is 4.81. The van der Waals surface area contributed by atoms with E-state index in [9.17, 15) is 0 Å². The number of nitrogens with two attached hydrogens (primary N) is 1. The highest BCUT2D eigenvalue weighted by atomic mass is 16.3. The minimum absolute atomic E-state index is 0.144. The zero-order valence-electron chi connectivity index (χ0n) is 10.1. The standard InChI is InChI=1S/C12H27NO/c1-4-5-6-7-8-11(9-10-14)12(2,3)13/h11,14H,4-10,13H2,1-3H3. The molecule has 0 radical (unpaired) electrons. The van der Waals surface area contributed by atoms with Crippen molar-refractivity contribution in [2.45, 2.75) is 64.8 Å². The molecule has 2 nitrogen and oxygen atoms in total. The van der Waals surface area contributed by atoms with Gasteiger partial charge in [-0.1, -0.05) is 32.6 Å². The van der Waals surface area contributed by atoms with Gasteiger partial charge in [-0.15, -0.1) is 0 Å². The molecule has 0 aromatic rings. The van der Waals surface area contributed by atoms with Crippen molar-refractivity contribution < 1.29 is 5.11 Å². The second-order valence-corrected chi connectivity index (χ2v) is 4.88. The lowest BCUT2D eigenvalue weighted by molar-refractivity contribution is 0.202. The molecule has 0 aromatic carbocycles. The molecule has 1 unspecified atom stereocenters. The first-order chi connectivity index (χ1) is 6.52. The largest absolute Gasteiger partial charge is 0.396 e. The molecule has 0 aliphatic carbocycles. The molecule has 86 valence electrons. The summed E-state index contributed by atoms with van der Waals surface area (Å²) in [5.74, 6) is 0.462. The fraction of sp³-hybridized carbons (Fsp3) is 1.00. The minimum atomic E-state index is -0.144. The number of hydrogen-bond donors (Lipinski definition) is 2. The van der Waals surface area contributed by atoms with Gasteiger partial charge in [-0.2, -0.15) is 0 Å². The van der Waals surface area contributed by atoms with E-state index in [0.29, 0.717) is 5.92 Å². The maximum absolute atomic E-state index is 8.95. The Balaban J connectivity index is 3.74. The highest BCUT2D eigenvalue weighted by Crippen LogP contribution is 2.23. The van der Waals surface area contributed by atoms with E-state index in [1.54, 1.807) is 0 Å². The van der Waals surface area contributed by atoms with Crippen LogP contribution in [0, 0.1) is 5.92 Å². The maximum atomic E-state index is 8.95. The van der Waals surface area contributed by atoms with E-state index < -0.39 is 0 Å². The Hall–Kier alpha value is -0.0800. The van der Waals surface area contributed by atoms with Crippen LogP contribution in [0.3, 0.4) is 0 Å². The Morgan fingerprint density at radius 3 is 2.21 bits per heavy atom. The van der Waals surface area contributed by atoms with Gasteiger partial charge < -0.3 is 10.8 Å². The van der Waals surface area contributed by atoms with E-state index in [2.05, 4.69) is 20.8 Å². The van der Waals surface area contributed by atoms with Gasteiger partial charge in [0.2, 0.25) is 0 Å². The molecular weight excluding hydrogens is 174 g/mol. The Morgan fingerprint density at radius 1 is 1.14 bits per heavy atom. The summed E-state index contributed by atoms with van der Waals surface area (Å²) in [5, 5.41) is 8.95. The van der Waals surface area contributed by atoms with Crippen molar-refractivity contribution in [3.05, 3.63) is 0 Å². The van der Waals surface area contributed by atoms with Crippen LogP contribution in [-0.2, 0) is 0 Å². The average Bonchev–Trinajstić information content (AvgIpc) is 2.08. The summed E-state index contributed by atoms with van der Waals surface area (Å²) in [5.41, 5.74) is 5.93.